The van der Waals surface area contributed by atoms with Crippen LogP contribution >= 0.6 is 0 Å². The number of fused-ring (bicyclic) bond motifs is 1. The van der Waals surface area contributed by atoms with Gasteiger partial charge in [0.05, 0.1) is 0 Å². The number of rotatable bonds is 4. The Morgan fingerprint density at radius 3 is 2.67 bits per heavy atom. The summed E-state index contributed by atoms with van der Waals surface area (Å²) in [7, 11) is 0. The molecule has 2 nitrogen and oxygen atoms in total. The third-order valence-corrected chi connectivity index (χ3v) is 3.38. The van der Waals surface area contributed by atoms with Gasteiger partial charge in [0, 0.05) is 23.1 Å². The Morgan fingerprint density at radius 2 is 1.90 bits per heavy atom. The number of nitrogens with one attached hydrogen (secondary N) is 1. The summed E-state index contributed by atoms with van der Waals surface area (Å²) in [4.78, 5) is 0. The first kappa shape index (κ1) is 13.8. The fourth-order valence-corrected chi connectivity index (χ4v) is 2.26. The van der Waals surface area contributed by atoms with Crippen molar-refractivity contribution in [1.82, 2.24) is 5.32 Å². The molecule has 0 unspecified atom stereocenters. The van der Waals surface area contributed by atoms with Crippen LogP contribution in [-0.4, -0.2) is 6.54 Å². The van der Waals surface area contributed by atoms with Gasteiger partial charge in [-0.2, -0.15) is 0 Å². The second kappa shape index (κ2) is 5.66. The van der Waals surface area contributed by atoms with E-state index in [2.05, 4.69) is 5.32 Å². The lowest BCUT2D eigenvalue weighted by Crippen LogP contribution is -2.12. The van der Waals surface area contributed by atoms with Crippen molar-refractivity contribution in [3.8, 4) is 11.3 Å². The molecule has 0 saturated heterocycles. The molecular formula is C17H15F2NO. The summed E-state index contributed by atoms with van der Waals surface area (Å²) in [5, 5.41) is 3.76. The van der Waals surface area contributed by atoms with E-state index in [9.17, 15) is 8.78 Å². The van der Waals surface area contributed by atoms with Crippen LogP contribution in [0.1, 0.15) is 12.5 Å². The Bertz CT molecular complexity index is 780. The van der Waals surface area contributed by atoms with Crippen molar-refractivity contribution >= 4 is 11.0 Å². The van der Waals surface area contributed by atoms with Crippen LogP contribution in [0.25, 0.3) is 22.3 Å². The zero-order valence-electron chi connectivity index (χ0n) is 11.6. The molecule has 108 valence electrons. The maximum Gasteiger partial charge on any atom is 0.135 e. The predicted molar refractivity (Wildman–Crippen MR) is 78.9 cm³/mol. The first-order valence-electron chi connectivity index (χ1n) is 6.86. The molecule has 21 heavy (non-hydrogen) atoms. The lowest BCUT2D eigenvalue weighted by atomic mass is 10.1. The highest BCUT2D eigenvalue weighted by Gasteiger charge is 2.10. The summed E-state index contributed by atoms with van der Waals surface area (Å²) in [6, 6.07) is 11.0. The maximum atomic E-state index is 14.0. The molecule has 4 heteroatoms. The second-order valence-electron chi connectivity index (χ2n) is 4.88. The predicted octanol–water partition coefficient (Wildman–Crippen LogP) is 4.49. The second-order valence-corrected chi connectivity index (χ2v) is 4.88. The van der Waals surface area contributed by atoms with Gasteiger partial charge in [-0.05, 0) is 36.9 Å². The molecular weight excluding hydrogens is 272 g/mol. The van der Waals surface area contributed by atoms with Crippen LogP contribution in [0.5, 0.6) is 0 Å². The first-order chi connectivity index (χ1) is 10.2. The Kier molecular flexibility index (Phi) is 3.71. The van der Waals surface area contributed by atoms with E-state index in [4.69, 9.17) is 4.42 Å². The third kappa shape index (κ3) is 2.81. The number of furan rings is 1. The summed E-state index contributed by atoms with van der Waals surface area (Å²) in [5.41, 5.74) is 1.84. The zero-order chi connectivity index (χ0) is 14.8. The normalized spacial score (nSPS) is 11.2. The summed E-state index contributed by atoms with van der Waals surface area (Å²) in [6.07, 6.45) is 0. The van der Waals surface area contributed by atoms with E-state index in [-0.39, 0.29) is 11.6 Å². The van der Waals surface area contributed by atoms with Gasteiger partial charge in [0.1, 0.15) is 23.0 Å². The molecule has 1 heterocycles. The van der Waals surface area contributed by atoms with Gasteiger partial charge in [0.25, 0.3) is 0 Å². The molecule has 0 amide bonds. The SMILES string of the molecule is CCNCc1ccc(-c2cc3cc(F)ccc3o2)cc1F. The van der Waals surface area contributed by atoms with Crippen LogP contribution in [0.15, 0.2) is 46.9 Å². The zero-order valence-corrected chi connectivity index (χ0v) is 11.6. The minimum atomic E-state index is -0.318. The average molecular weight is 287 g/mol. The molecule has 0 aliphatic rings. The molecule has 3 rings (SSSR count). The van der Waals surface area contributed by atoms with Gasteiger partial charge >= 0.3 is 0 Å². The van der Waals surface area contributed by atoms with Crippen LogP contribution in [0.4, 0.5) is 8.78 Å². The highest BCUT2D eigenvalue weighted by atomic mass is 19.1. The van der Waals surface area contributed by atoms with Gasteiger partial charge in [0.2, 0.25) is 0 Å². The van der Waals surface area contributed by atoms with Crippen LogP contribution in [0.2, 0.25) is 0 Å². The highest BCUT2D eigenvalue weighted by Crippen LogP contribution is 2.29. The maximum absolute atomic E-state index is 14.0. The third-order valence-electron chi connectivity index (χ3n) is 3.38. The van der Waals surface area contributed by atoms with Crippen molar-refractivity contribution in [3.63, 3.8) is 0 Å². The lowest BCUT2D eigenvalue weighted by molar-refractivity contribution is 0.590. The van der Waals surface area contributed by atoms with Gasteiger partial charge in [-0.3, -0.25) is 0 Å². The molecule has 3 aromatic rings. The molecule has 0 atom stereocenters. The van der Waals surface area contributed by atoms with Crippen LogP contribution in [0, 0.1) is 11.6 Å². The lowest BCUT2D eigenvalue weighted by Gasteiger charge is -2.05. The molecule has 0 bridgehead atoms. The Balaban J connectivity index is 1.96. The molecule has 1 aromatic heterocycles. The summed E-state index contributed by atoms with van der Waals surface area (Å²) < 4.78 is 32.8. The van der Waals surface area contributed by atoms with E-state index in [0.717, 1.165) is 6.54 Å². The van der Waals surface area contributed by atoms with Gasteiger partial charge in [-0.15, -0.1) is 0 Å². The molecule has 0 aliphatic heterocycles. The molecule has 0 radical (unpaired) electrons. The van der Waals surface area contributed by atoms with Crippen LogP contribution in [-0.2, 0) is 6.54 Å². The monoisotopic (exact) mass is 287 g/mol. The smallest absolute Gasteiger partial charge is 0.135 e. The largest absolute Gasteiger partial charge is 0.456 e. The van der Waals surface area contributed by atoms with Crippen molar-refractivity contribution in [3.05, 3.63) is 59.7 Å². The first-order valence-corrected chi connectivity index (χ1v) is 6.86. The van der Waals surface area contributed by atoms with Crippen molar-refractivity contribution in [2.24, 2.45) is 0 Å². The van der Waals surface area contributed by atoms with E-state index in [0.29, 0.717) is 34.4 Å². The summed E-state index contributed by atoms with van der Waals surface area (Å²) in [6.45, 7) is 3.25. The van der Waals surface area contributed by atoms with Crippen LogP contribution < -0.4 is 5.32 Å². The standard InChI is InChI=1S/C17H15F2NO/c1-2-20-10-12-4-3-11(8-15(12)19)17-9-13-7-14(18)5-6-16(13)21-17/h3-9,20H,2,10H2,1H3. The molecule has 0 aliphatic carbocycles. The number of hydrogen-bond acceptors (Lipinski definition) is 2. The van der Waals surface area contributed by atoms with Gasteiger partial charge in [-0.1, -0.05) is 19.1 Å². The molecule has 0 spiro atoms. The Hall–Kier alpha value is -2.20. The van der Waals surface area contributed by atoms with Crippen molar-refractivity contribution in [2.75, 3.05) is 6.54 Å². The molecule has 2 aromatic carbocycles. The van der Waals surface area contributed by atoms with Crippen LogP contribution in [0.3, 0.4) is 0 Å². The van der Waals surface area contributed by atoms with Gasteiger partial charge in [-0.25, -0.2) is 8.78 Å². The minimum absolute atomic E-state index is 0.278. The fourth-order valence-electron chi connectivity index (χ4n) is 2.26. The summed E-state index contributed by atoms with van der Waals surface area (Å²) >= 11 is 0. The molecule has 0 saturated carbocycles. The number of halogens is 2. The molecule has 0 fully saturated rings. The fraction of sp³-hybridized carbons (Fsp3) is 0.176. The number of benzene rings is 2. The van der Waals surface area contributed by atoms with Gasteiger partial charge in [0.15, 0.2) is 0 Å². The highest BCUT2D eigenvalue weighted by molar-refractivity contribution is 5.82. The average Bonchev–Trinajstić information content (AvgIpc) is 2.89. The van der Waals surface area contributed by atoms with Crippen molar-refractivity contribution < 1.29 is 13.2 Å². The van der Waals surface area contributed by atoms with Crippen molar-refractivity contribution in [2.45, 2.75) is 13.5 Å². The quantitative estimate of drug-likeness (QED) is 0.765. The Labute approximate surface area is 121 Å². The summed E-state index contributed by atoms with van der Waals surface area (Å²) in [5.74, 6) is -0.0633. The minimum Gasteiger partial charge on any atom is -0.456 e. The molecule has 1 N–H and O–H groups in total. The van der Waals surface area contributed by atoms with E-state index >= 15 is 0 Å². The van der Waals surface area contributed by atoms with Crippen molar-refractivity contribution in [1.29, 1.82) is 0 Å². The topological polar surface area (TPSA) is 25.2 Å². The van der Waals surface area contributed by atoms with Gasteiger partial charge < -0.3 is 9.73 Å². The number of hydrogen-bond donors (Lipinski definition) is 1. The van der Waals surface area contributed by atoms with E-state index in [1.165, 1.54) is 18.2 Å². The van der Waals surface area contributed by atoms with E-state index < -0.39 is 0 Å². The van der Waals surface area contributed by atoms with E-state index in [1.54, 1.807) is 18.2 Å². The van der Waals surface area contributed by atoms with E-state index in [1.807, 2.05) is 13.0 Å². The Morgan fingerprint density at radius 1 is 1.05 bits per heavy atom.